The molecule has 2 aromatic rings. The van der Waals surface area contributed by atoms with Gasteiger partial charge in [0.1, 0.15) is 4.83 Å². The van der Waals surface area contributed by atoms with Crippen molar-refractivity contribution in [1.29, 1.82) is 0 Å². The zero-order valence-electron chi connectivity index (χ0n) is 9.70. The minimum atomic E-state index is 0.612. The monoisotopic (exact) mass is 237 g/mol. The molecule has 86 valence electrons. The average Bonchev–Trinajstić information content (AvgIpc) is 2.65. The fraction of sp³-hybridized carbons (Fsp3) is 0.455. The molecule has 0 fully saturated rings. The van der Waals surface area contributed by atoms with Crippen LogP contribution in [0.25, 0.3) is 10.2 Å². The molecular weight excluding hydrogens is 222 g/mol. The molecule has 5 heteroatoms. The van der Waals surface area contributed by atoms with Crippen molar-refractivity contribution in [2.45, 2.75) is 20.3 Å². The van der Waals surface area contributed by atoms with E-state index in [1.165, 1.54) is 4.88 Å². The highest BCUT2D eigenvalue weighted by atomic mass is 32.1. The maximum absolute atomic E-state index is 5.64. The molecule has 0 amide bonds. The van der Waals surface area contributed by atoms with Gasteiger partial charge in [0.15, 0.2) is 0 Å². The van der Waals surface area contributed by atoms with Gasteiger partial charge in [0.25, 0.3) is 0 Å². The van der Waals surface area contributed by atoms with Gasteiger partial charge in [0.2, 0.25) is 11.8 Å². The first-order valence-electron chi connectivity index (χ1n) is 5.33. The van der Waals surface area contributed by atoms with Crippen LogP contribution in [-0.4, -0.2) is 23.6 Å². The highest BCUT2D eigenvalue weighted by molar-refractivity contribution is 7.18. The maximum Gasteiger partial charge on any atom is 0.227 e. The van der Waals surface area contributed by atoms with Crippen LogP contribution in [0.2, 0.25) is 0 Å². The van der Waals surface area contributed by atoms with Crippen molar-refractivity contribution in [3.8, 4) is 5.88 Å². The Morgan fingerprint density at radius 2 is 2.25 bits per heavy atom. The first-order valence-corrected chi connectivity index (χ1v) is 6.15. The Balaban J connectivity index is 2.49. The first-order chi connectivity index (χ1) is 7.74. The highest BCUT2D eigenvalue weighted by Gasteiger charge is 2.10. The second kappa shape index (κ2) is 4.65. The molecule has 0 aliphatic heterocycles. The normalized spacial score (nSPS) is 10.7. The molecule has 4 nitrogen and oxygen atoms in total. The molecule has 2 heterocycles. The molecule has 2 aromatic heterocycles. The predicted octanol–water partition coefficient (Wildman–Crippen LogP) is 2.83. The van der Waals surface area contributed by atoms with E-state index in [0.29, 0.717) is 18.4 Å². The highest BCUT2D eigenvalue weighted by Crippen LogP contribution is 2.30. The Morgan fingerprint density at radius 1 is 1.44 bits per heavy atom. The van der Waals surface area contributed by atoms with E-state index in [-0.39, 0.29) is 0 Å². The lowest BCUT2D eigenvalue weighted by Crippen LogP contribution is -2.02. The van der Waals surface area contributed by atoms with Gasteiger partial charge >= 0.3 is 0 Å². The lowest BCUT2D eigenvalue weighted by molar-refractivity contribution is 0.309. The summed E-state index contributed by atoms with van der Waals surface area (Å²) in [4.78, 5) is 10.9. The zero-order chi connectivity index (χ0) is 11.5. The molecule has 0 saturated carbocycles. The Bertz CT molecular complexity index is 495. The van der Waals surface area contributed by atoms with E-state index in [2.05, 4.69) is 35.2 Å². The SMILES string of the molecule is CCCOc1nc(NC)nc2sc(C)cc12. The van der Waals surface area contributed by atoms with E-state index in [0.717, 1.165) is 16.6 Å². The van der Waals surface area contributed by atoms with Crippen LogP contribution >= 0.6 is 11.3 Å². The summed E-state index contributed by atoms with van der Waals surface area (Å²) < 4.78 is 5.64. The van der Waals surface area contributed by atoms with Crippen molar-refractivity contribution >= 4 is 27.5 Å². The van der Waals surface area contributed by atoms with Crippen molar-refractivity contribution in [2.75, 3.05) is 19.0 Å². The zero-order valence-corrected chi connectivity index (χ0v) is 10.5. The van der Waals surface area contributed by atoms with Crippen LogP contribution in [0.15, 0.2) is 6.07 Å². The molecule has 0 aromatic carbocycles. The summed E-state index contributed by atoms with van der Waals surface area (Å²) in [6.07, 6.45) is 0.976. The van der Waals surface area contributed by atoms with Crippen LogP contribution in [0.5, 0.6) is 5.88 Å². The molecule has 0 unspecified atom stereocenters. The molecule has 0 saturated heterocycles. The summed E-state index contributed by atoms with van der Waals surface area (Å²) in [7, 11) is 1.81. The number of thiophene rings is 1. The molecule has 0 spiro atoms. The quantitative estimate of drug-likeness (QED) is 0.888. The Hall–Kier alpha value is -1.36. The minimum Gasteiger partial charge on any atom is -0.477 e. The number of fused-ring (bicyclic) bond motifs is 1. The van der Waals surface area contributed by atoms with Crippen LogP contribution < -0.4 is 10.1 Å². The van der Waals surface area contributed by atoms with E-state index in [1.54, 1.807) is 11.3 Å². The van der Waals surface area contributed by atoms with Gasteiger partial charge in [0, 0.05) is 11.9 Å². The Kier molecular flexibility index (Phi) is 3.24. The molecule has 0 atom stereocenters. The summed E-state index contributed by atoms with van der Waals surface area (Å²) in [6.45, 7) is 4.83. The van der Waals surface area contributed by atoms with Crippen molar-refractivity contribution < 1.29 is 4.74 Å². The number of hydrogen-bond donors (Lipinski definition) is 1. The molecule has 2 rings (SSSR count). The number of nitrogens with zero attached hydrogens (tertiary/aromatic N) is 2. The van der Waals surface area contributed by atoms with E-state index in [9.17, 15) is 0 Å². The molecule has 1 N–H and O–H groups in total. The molecule has 16 heavy (non-hydrogen) atoms. The van der Waals surface area contributed by atoms with Crippen molar-refractivity contribution in [3.63, 3.8) is 0 Å². The maximum atomic E-state index is 5.64. The van der Waals surface area contributed by atoms with Gasteiger partial charge < -0.3 is 10.1 Å². The van der Waals surface area contributed by atoms with E-state index in [1.807, 2.05) is 7.05 Å². The predicted molar refractivity (Wildman–Crippen MR) is 67.5 cm³/mol. The molecule has 0 aliphatic carbocycles. The number of ether oxygens (including phenoxy) is 1. The third kappa shape index (κ3) is 2.09. The third-order valence-electron chi connectivity index (χ3n) is 2.15. The average molecular weight is 237 g/mol. The number of aryl methyl sites for hydroxylation is 1. The number of hydrogen-bond acceptors (Lipinski definition) is 5. The Labute approximate surface area is 98.7 Å². The topological polar surface area (TPSA) is 47.0 Å². The van der Waals surface area contributed by atoms with Gasteiger partial charge in [-0.1, -0.05) is 6.92 Å². The van der Waals surface area contributed by atoms with Gasteiger partial charge in [-0.2, -0.15) is 4.98 Å². The van der Waals surface area contributed by atoms with Crippen molar-refractivity contribution in [2.24, 2.45) is 0 Å². The van der Waals surface area contributed by atoms with E-state index >= 15 is 0 Å². The van der Waals surface area contributed by atoms with Gasteiger partial charge in [0.05, 0.1) is 12.0 Å². The number of anilines is 1. The minimum absolute atomic E-state index is 0.612. The summed E-state index contributed by atoms with van der Waals surface area (Å²) in [5.41, 5.74) is 0. The summed E-state index contributed by atoms with van der Waals surface area (Å²) in [6, 6.07) is 2.07. The second-order valence-corrected chi connectivity index (χ2v) is 4.76. The molecular formula is C11H15N3OS. The Morgan fingerprint density at radius 3 is 2.94 bits per heavy atom. The van der Waals surface area contributed by atoms with Crippen LogP contribution in [0.4, 0.5) is 5.95 Å². The second-order valence-electron chi connectivity index (χ2n) is 3.53. The fourth-order valence-electron chi connectivity index (χ4n) is 1.44. The van der Waals surface area contributed by atoms with Gasteiger partial charge in [-0.05, 0) is 19.4 Å². The standard InChI is InChI=1S/C11H15N3OS/c1-4-5-15-9-8-6-7(2)16-10(8)14-11(12-3)13-9/h6H,4-5H2,1-3H3,(H,12,13,14). The lowest BCUT2D eigenvalue weighted by Gasteiger charge is -2.06. The fourth-order valence-corrected chi connectivity index (χ4v) is 2.31. The van der Waals surface area contributed by atoms with Crippen LogP contribution in [0, 0.1) is 6.92 Å². The van der Waals surface area contributed by atoms with Gasteiger partial charge in [-0.25, -0.2) is 4.98 Å². The summed E-state index contributed by atoms with van der Waals surface area (Å²) in [5, 5.41) is 3.96. The van der Waals surface area contributed by atoms with Crippen molar-refractivity contribution in [3.05, 3.63) is 10.9 Å². The molecule has 0 bridgehead atoms. The van der Waals surface area contributed by atoms with Crippen LogP contribution in [-0.2, 0) is 0 Å². The molecule has 0 aliphatic rings. The smallest absolute Gasteiger partial charge is 0.227 e. The number of rotatable bonds is 4. The van der Waals surface area contributed by atoms with Crippen LogP contribution in [0.3, 0.4) is 0 Å². The number of aromatic nitrogens is 2. The van der Waals surface area contributed by atoms with Crippen molar-refractivity contribution in [1.82, 2.24) is 9.97 Å². The van der Waals surface area contributed by atoms with Gasteiger partial charge in [-0.15, -0.1) is 11.3 Å². The third-order valence-corrected chi connectivity index (χ3v) is 3.09. The summed E-state index contributed by atoms with van der Waals surface area (Å²) in [5.74, 6) is 1.29. The molecule has 0 radical (unpaired) electrons. The first kappa shape index (κ1) is 11.1. The summed E-state index contributed by atoms with van der Waals surface area (Å²) >= 11 is 1.66. The lowest BCUT2D eigenvalue weighted by atomic mass is 10.3. The number of nitrogens with one attached hydrogen (secondary N) is 1. The van der Waals surface area contributed by atoms with E-state index in [4.69, 9.17) is 4.74 Å². The van der Waals surface area contributed by atoms with Crippen LogP contribution in [0.1, 0.15) is 18.2 Å². The van der Waals surface area contributed by atoms with Gasteiger partial charge in [-0.3, -0.25) is 0 Å². The largest absolute Gasteiger partial charge is 0.477 e. The van der Waals surface area contributed by atoms with E-state index < -0.39 is 0 Å².